The molecule has 0 radical (unpaired) electrons. The van der Waals surface area contributed by atoms with Crippen molar-refractivity contribution in [3.05, 3.63) is 29.2 Å². The van der Waals surface area contributed by atoms with Crippen molar-refractivity contribution in [2.75, 3.05) is 20.0 Å². The van der Waals surface area contributed by atoms with Crippen molar-refractivity contribution in [1.82, 2.24) is 9.97 Å². The zero-order chi connectivity index (χ0) is 14.9. The third-order valence-corrected chi connectivity index (χ3v) is 3.28. The van der Waals surface area contributed by atoms with E-state index in [2.05, 4.69) is 9.97 Å². The summed E-state index contributed by atoms with van der Waals surface area (Å²) in [5, 5.41) is 0. The Labute approximate surface area is 118 Å². The number of hydrogen-bond donors (Lipinski definition) is 1. The summed E-state index contributed by atoms with van der Waals surface area (Å²) >= 11 is 0. The summed E-state index contributed by atoms with van der Waals surface area (Å²) in [6.07, 6.45) is 0. The standard InChI is InChI=1S/C15H19N3O2/c1-8-12(19-4)7-6-11(15(8)20-5)14-13(16)9(2)17-10(3)18-14/h6-7H,16H2,1-5H3. The smallest absolute Gasteiger partial charge is 0.134 e. The Hall–Kier alpha value is -2.30. The van der Waals surface area contributed by atoms with Gasteiger partial charge in [0.05, 0.1) is 25.6 Å². The van der Waals surface area contributed by atoms with E-state index in [1.54, 1.807) is 14.2 Å². The number of hydrogen-bond acceptors (Lipinski definition) is 5. The first-order valence-corrected chi connectivity index (χ1v) is 6.32. The first-order valence-electron chi connectivity index (χ1n) is 6.32. The largest absolute Gasteiger partial charge is 0.496 e. The molecule has 2 aromatic rings. The van der Waals surface area contributed by atoms with Gasteiger partial charge >= 0.3 is 0 Å². The van der Waals surface area contributed by atoms with E-state index in [4.69, 9.17) is 15.2 Å². The van der Waals surface area contributed by atoms with E-state index in [-0.39, 0.29) is 0 Å². The van der Waals surface area contributed by atoms with Crippen LogP contribution in [0.3, 0.4) is 0 Å². The molecule has 106 valence electrons. The number of nitrogens with two attached hydrogens (primary N) is 1. The van der Waals surface area contributed by atoms with E-state index < -0.39 is 0 Å². The number of anilines is 1. The first-order chi connectivity index (χ1) is 9.49. The molecule has 20 heavy (non-hydrogen) atoms. The van der Waals surface area contributed by atoms with Gasteiger partial charge in [-0.2, -0.15) is 0 Å². The zero-order valence-corrected chi connectivity index (χ0v) is 12.4. The molecule has 0 bridgehead atoms. The van der Waals surface area contributed by atoms with Gasteiger partial charge in [-0.25, -0.2) is 9.97 Å². The van der Waals surface area contributed by atoms with Crippen LogP contribution in [-0.2, 0) is 0 Å². The summed E-state index contributed by atoms with van der Waals surface area (Å²) in [4.78, 5) is 8.72. The Kier molecular flexibility index (Phi) is 3.79. The molecule has 0 aliphatic carbocycles. The minimum atomic E-state index is 0.568. The summed E-state index contributed by atoms with van der Waals surface area (Å²) in [5.74, 6) is 2.17. The maximum Gasteiger partial charge on any atom is 0.134 e. The fourth-order valence-electron chi connectivity index (χ4n) is 2.27. The van der Waals surface area contributed by atoms with Gasteiger partial charge in [0, 0.05) is 11.1 Å². The van der Waals surface area contributed by atoms with Crippen LogP contribution in [0.1, 0.15) is 17.1 Å². The van der Waals surface area contributed by atoms with Crippen LogP contribution in [0.4, 0.5) is 5.69 Å². The Morgan fingerprint density at radius 2 is 1.70 bits per heavy atom. The number of nitrogens with zero attached hydrogens (tertiary/aromatic N) is 2. The highest BCUT2D eigenvalue weighted by Crippen LogP contribution is 2.39. The molecule has 2 rings (SSSR count). The lowest BCUT2D eigenvalue weighted by Crippen LogP contribution is -2.04. The van der Waals surface area contributed by atoms with E-state index >= 15 is 0 Å². The van der Waals surface area contributed by atoms with Gasteiger partial charge in [-0.05, 0) is 32.9 Å². The van der Waals surface area contributed by atoms with Crippen LogP contribution >= 0.6 is 0 Å². The molecule has 1 heterocycles. The van der Waals surface area contributed by atoms with Crippen LogP contribution in [0.5, 0.6) is 11.5 Å². The van der Waals surface area contributed by atoms with Gasteiger partial charge in [0.2, 0.25) is 0 Å². The number of aryl methyl sites for hydroxylation is 2. The van der Waals surface area contributed by atoms with Gasteiger partial charge in [-0.1, -0.05) is 0 Å². The monoisotopic (exact) mass is 273 g/mol. The quantitative estimate of drug-likeness (QED) is 0.931. The van der Waals surface area contributed by atoms with E-state index in [0.717, 1.165) is 22.6 Å². The number of rotatable bonds is 3. The van der Waals surface area contributed by atoms with Gasteiger partial charge in [0.25, 0.3) is 0 Å². The minimum absolute atomic E-state index is 0.568. The topological polar surface area (TPSA) is 70.3 Å². The molecule has 2 N–H and O–H groups in total. The van der Waals surface area contributed by atoms with Crippen LogP contribution in [-0.4, -0.2) is 24.2 Å². The van der Waals surface area contributed by atoms with Crippen molar-refractivity contribution in [3.63, 3.8) is 0 Å². The van der Waals surface area contributed by atoms with Crippen LogP contribution < -0.4 is 15.2 Å². The fraction of sp³-hybridized carbons (Fsp3) is 0.333. The van der Waals surface area contributed by atoms with Crippen molar-refractivity contribution >= 4 is 5.69 Å². The lowest BCUT2D eigenvalue weighted by molar-refractivity contribution is 0.390. The highest BCUT2D eigenvalue weighted by molar-refractivity contribution is 5.80. The van der Waals surface area contributed by atoms with Crippen molar-refractivity contribution < 1.29 is 9.47 Å². The van der Waals surface area contributed by atoms with Gasteiger partial charge in [0.1, 0.15) is 23.0 Å². The van der Waals surface area contributed by atoms with Crippen LogP contribution in [0.25, 0.3) is 11.3 Å². The minimum Gasteiger partial charge on any atom is -0.496 e. The molecule has 0 aliphatic heterocycles. The predicted molar refractivity (Wildman–Crippen MR) is 79.2 cm³/mol. The average Bonchev–Trinajstić information content (AvgIpc) is 2.42. The van der Waals surface area contributed by atoms with E-state index in [9.17, 15) is 0 Å². The Balaban J connectivity index is 2.73. The second-order valence-corrected chi connectivity index (χ2v) is 4.59. The third-order valence-electron chi connectivity index (χ3n) is 3.28. The van der Waals surface area contributed by atoms with Crippen molar-refractivity contribution in [3.8, 4) is 22.8 Å². The first kappa shape index (κ1) is 14.1. The van der Waals surface area contributed by atoms with E-state index in [1.165, 1.54) is 0 Å². The maximum absolute atomic E-state index is 6.12. The molecule has 0 spiro atoms. The number of nitrogen functional groups attached to an aromatic ring is 1. The summed E-state index contributed by atoms with van der Waals surface area (Å²) in [7, 11) is 3.26. The summed E-state index contributed by atoms with van der Waals surface area (Å²) in [6.45, 7) is 5.66. The number of methoxy groups -OCH3 is 2. The van der Waals surface area contributed by atoms with Crippen LogP contribution in [0.15, 0.2) is 12.1 Å². The second kappa shape index (κ2) is 5.36. The average molecular weight is 273 g/mol. The summed E-state index contributed by atoms with van der Waals surface area (Å²) < 4.78 is 10.8. The third kappa shape index (κ3) is 2.27. The lowest BCUT2D eigenvalue weighted by Gasteiger charge is -2.16. The maximum atomic E-state index is 6.12. The van der Waals surface area contributed by atoms with Gasteiger partial charge in [0.15, 0.2) is 0 Å². The normalized spacial score (nSPS) is 10.4. The number of ether oxygens (including phenoxy) is 2. The molecule has 0 aliphatic rings. The highest BCUT2D eigenvalue weighted by atomic mass is 16.5. The molecule has 0 fully saturated rings. The van der Waals surface area contributed by atoms with Gasteiger partial charge in [-0.15, -0.1) is 0 Å². The molecule has 0 saturated heterocycles. The molecule has 0 unspecified atom stereocenters. The summed E-state index contributed by atoms with van der Waals surface area (Å²) in [6, 6.07) is 3.79. The van der Waals surface area contributed by atoms with Gasteiger partial charge < -0.3 is 15.2 Å². The lowest BCUT2D eigenvalue weighted by atomic mass is 10.0. The van der Waals surface area contributed by atoms with E-state index in [0.29, 0.717) is 23.0 Å². The highest BCUT2D eigenvalue weighted by Gasteiger charge is 2.17. The summed E-state index contributed by atoms with van der Waals surface area (Å²) in [5.41, 5.74) is 9.90. The second-order valence-electron chi connectivity index (χ2n) is 4.59. The van der Waals surface area contributed by atoms with Crippen molar-refractivity contribution in [1.29, 1.82) is 0 Å². The molecular weight excluding hydrogens is 254 g/mol. The molecule has 5 heteroatoms. The van der Waals surface area contributed by atoms with E-state index in [1.807, 2.05) is 32.9 Å². The molecule has 1 aromatic carbocycles. The Morgan fingerprint density at radius 3 is 2.30 bits per heavy atom. The number of aromatic nitrogens is 2. The van der Waals surface area contributed by atoms with Crippen molar-refractivity contribution in [2.24, 2.45) is 0 Å². The van der Waals surface area contributed by atoms with Crippen molar-refractivity contribution in [2.45, 2.75) is 20.8 Å². The zero-order valence-electron chi connectivity index (χ0n) is 12.4. The molecule has 0 atom stereocenters. The Bertz CT molecular complexity index is 654. The molecule has 0 saturated carbocycles. The Morgan fingerprint density at radius 1 is 1.00 bits per heavy atom. The molecule has 5 nitrogen and oxygen atoms in total. The molecule has 0 amide bonds. The van der Waals surface area contributed by atoms with Crippen LogP contribution in [0, 0.1) is 20.8 Å². The molecular formula is C15H19N3O2. The van der Waals surface area contributed by atoms with Crippen LogP contribution in [0.2, 0.25) is 0 Å². The SMILES string of the molecule is COc1ccc(-c2nc(C)nc(C)c2N)c(OC)c1C. The molecule has 1 aromatic heterocycles. The predicted octanol–water partition coefficient (Wildman–Crippen LogP) is 2.67. The van der Waals surface area contributed by atoms with Gasteiger partial charge in [-0.3, -0.25) is 0 Å². The fourth-order valence-corrected chi connectivity index (χ4v) is 2.27. The number of benzene rings is 1.